The Hall–Kier alpha value is -2.84. The lowest BCUT2D eigenvalue weighted by molar-refractivity contribution is 0.0947. The molecule has 0 radical (unpaired) electrons. The van der Waals surface area contributed by atoms with Crippen molar-refractivity contribution in [2.45, 2.75) is 39.7 Å². The second-order valence-corrected chi connectivity index (χ2v) is 12.5. The fourth-order valence-electron chi connectivity index (χ4n) is 3.60. The van der Waals surface area contributed by atoms with Gasteiger partial charge in [-0.05, 0) is 71.5 Å². The van der Waals surface area contributed by atoms with E-state index in [2.05, 4.69) is 54.2 Å². The number of amides is 1. The monoisotopic (exact) mass is 572 g/mol. The van der Waals surface area contributed by atoms with Crippen molar-refractivity contribution in [3.63, 3.8) is 0 Å². The highest BCUT2D eigenvalue weighted by Gasteiger charge is 2.19. The maximum Gasteiger partial charge on any atom is 0.251 e. The fourth-order valence-corrected chi connectivity index (χ4v) is 4.72. The highest BCUT2D eigenvalue weighted by Crippen LogP contribution is 2.26. The normalized spacial score (nSPS) is 11.7. The average Bonchev–Trinajstić information content (AvgIpc) is 2.81. The number of ether oxygens (including phenoxy) is 1. The topological polar surface area (TPSA) is 75.7 Å². The van der Waals surface area contributed by atoms with Crippen molar-refractivity contribution in [2.24, 2.45) is 0 Å². The molecular formula is C28H33BrN2O4S. The van der Waals surface area contributed by atoms with E-state index in [0.717, 1.165) is 21.3 Å². The zero-order valence-electron chi connectivity index (χ0n) is 21.3. The van der Waals surface area contributed by atoms with Crippen molar-refractivity contribution in [3.8, 4) is 5.75 Å². The van der Waals surface area contributed by atoms with Crippen LogP contribution in [0.25, 0.3) is 0 Å². The summed E-state index contributed by atoms with van der Waals surface area (Å²) in [5, 5.41) is 2.85. The zero-order valence-corrected chi connectivity index (χ0v) is 23.7. The molecule has 0 bridgehead atoms. The predicted molar refractivity (Wildman–Crippen MR) is 149 cm³/mol. The van der Waals surface area contributed by atoms with Gasteiger partial charge >= 0.3 is 0 Å². The highest BCUT2D eigenvalue weighted by atomic mass is 79.9. The van der Waals surface area contributed by atoms with E-state index in [9.17, 15) is 13.2 Å². The van der Waals surface area contributed by atoms with Gasteiger partial charge in [0.25, 0.3) is 5.91 Å². The van der Waals surface area contributed by atoms with Crippen LogP contribution in [0.5, 0.6) is 5.75 Å². The molecule has 3 aromatic rings. The lowest BCUT2D eigenvalue weighted by Gasteiger charge is -2.23. The first-order valence-corrected chi connectivity index (χ1v) is 14.3. The third-order valence-corrected chi connectivity index (χ3v) is 7.78. The van der Waals surface area contributed by atoms with Crippen molar-refractivity contribution in [3.05, 3.63) is 93.5 Å². The summed E-state index contributed by atoms with van der Waals surface area (Å²) < 4.78 is 32.9. The number of halogens is 1. The number of hydrogen-bond acceptors (Lipinski definition) is 4. The lowest BCUT2D eigenvalue weighted by atomic mass is 9.87. The van der Waals surface area contributed by atoms with Gasteiger partial charge in [-0.15, -0.1) is 0 Å². The van der Waals surface area contributed by atoms with Crippen LogP contribution in [0, 0.1) is 6.92 Å². The molecule has 0 saturated heterocycles. The first kappa shape index (κ1) is 27.7. The van der Waals surface area contributed by atoms with Crippen LogP contribution in [0.3, 0.4) is 0 Å². The summed E-state index contributed by atoms with van der Waals surface area (Å²) in [5.41, 5.74) is 4.13. The molecule has 8 heteroatoms. The first-order valence-electron chi connectivity index (χ1n) is 11.7. The number of benzene rings is 3. The molecule has 0 aliphatic heterocycles. The third kappa shape index (κ3) is 7.58. The molecule has 3 aromatic carbocycles. The summed E-state index contributed by atoms with van der Waals surface area (Å²) in [6.07, 6.45) is 1.19. The molecule has 1 amide bonds. The van der Waals surface area contributed by atoms with Crippen LogP contribution in [-0.4, -0.2) is 33.7 Å². The molecular weight excluding hydrogens is 540 g/mol. The van der Waals surface area contributed by atoms with Crippen molar-refractivity contribution in [1.29, 1.82) is 0 Å². The van der Waals surface area contributed by atoms with Crippen LogP contribution < -0.4 is 14.4 Å². The maximum absolute atomic E-state index is 12.5. The standard InChI is InChI=1S/C28H33BrN2O4S/c1-20-18-24(12-15-26(20)29)31(36(5,33)34)19-21-6-8-22(9-7-21)27(32)30-16-17-35-25-13-10-23(11-14-25)28(2,3)4/h6-15,18H,16-17,19H2,1-5H3,(H,30,32). The van der Waals surface area contributed by atoms with E-state index < -0.39 is 10.0 Å². The van der Waals surface area contributed by atoms with E-state index in [0.29, 0.717) is 24.4 Å². The van der Waals surface area contributed by atoms with Gasteiger partial charge in [0.05, 0.1) is 25.0 Å². The Labute approximate surface area is 222 Å². The average molecular weight is 574 g/mol. The van der Waals surface area contributed by atoms with Gasteiger partial charge in [0.2, 0.25) is 10.0 Å². The van der Waals surface area contributed by atoms with Crippen LogP contribution in [-0.2, 0) is 22.0 Å². The van der Waals surface area contributed by atoms with Crippen LogP contribution in [0.15, 0.2) is 71.2 Å². The minimum Gasteiger partial charge on any atom is -0.492 e. The van der Waals surface area contributed by atoms with Crippen LogP contribution in [0.1, 0.15) is 47.8 Å². The molecule has 0 aromatic heterocycles. The number of rotatable bonds is 9. The van der Waals surface area contributed by atoms with Gasteiger partial charge in [0.15, 0.2) is 0 Å². The molecule has 36 heavy (non-hydrogen) atoms. The van der Waals surface area contributed by atoms with E-state index >= 15 is 0 Å². The Morgan fingerprint density at radius 3 is 2.19 bits per heavy atom. The molecule has 0 spiro atoms. The van der Waals surface area contributed by atoms with Gasteiger partial charge in [-0.25, -0.2) is 8.42 Å². The van der Waals surface area contributed by atoms with Gasteiger partial charge in [-0.2, -0.15) is 0 Å². The Bertz CT molecular complexity index is 1300. The second-order valence-electron chi connectivity index (χ2n) is 9.78. The number of anilines is 1. The second kappa shape index (κ2) is 11.5. The van der Waals surface area contributed by atoms with E-state index in [1.165, 1.54) is 16.1 Å². The maximum atomic E-state index is 12.5. The number of hydrogen-bond donors (Lipinski definition) is 1. The van der Waals surface area contributed by atoms with Crippen LogP contribution in [0.4, 0.5) is 5.69 Å². The van der Waals surface area contributed by atoms with Crippen LogP contribution in [0.2, 0.25) is 0 Å². The van der Waals surface area contributed by atoms with E-state index in [1.807, 2.05) is 31.2 Å². The quantitative estimate of drug-likeness (QED) is 0.327. The van der Waals surface area contributed by atoms with Gasteiger partial charge in [-0.3, -0.25) is 9.10 Å². The van der Waals surface area contributed by atoms with Crippen LogP contribution >= 0.6 is 15.9 Å². The number of carbonyl (C=O) groups excluding carboxylic acids is 1. The molecule has 6 nitrogen and oxygen atoms in total. The third-order valence-electron chi connectivity index (χ3n) is 5.75. The Morgan fingerprint density at radius 2 is 1.64 bits per heavy atom. The number of aryl methyl sites for hydroxylation is 1. The van der Waals surface area contributed by atoms with E-state index in [4.69, 9.17) is 4.74 Å². The number of carbonyl (C=O) groups is 1. The number of sulfonamides is 1. The van der Waals surface area contributed by atoms with Gasteiger partial charge in [0.1, 0.15) is 12.4 Å². The lowest BCUT2D eigenvalue weighted by Crippen LogP contribution is -2.29. The minimum atomic E-state index is -3.50. The fraction of sp³-hybridized carbons (Fsp3) is 0.321. The molecule has 1 N–H and O–H groups in total. The minimum absolute atomic E-state index is 0.0864. The first-order chi connectivity index (χ1) is 16.8. The summed E-state index contributed by atoms with van der Waals surface area (Å²) in [4.78, 5) is 12.5. The molecule has 0 saturated carbocycles. The molecule has 0 aliphatic carbocycles. The molecule has 0 unspecified atom stereocenters. The zero-order chi connectivity index (χ0) is 26.5. The van der Waals surface area contributed by atoms with Crippen molar-refractivity contribution in [2.75, 3.05) is 23.7 Å². The Kier molecular flexibility index (Phi) is 8.84. The molecule has 0 atom stereocenters. The predicted octanol–water partition coefficient (Wildman–Crippen LogP) is 5.83. The van der Waals surface area contributed by atoms with E-state index in [1.54, 1.807) is 30.3 Å². The molecule has 192 valence electrons. The Balaban J connectivity index is 1.55. The summed E-state index contributed by atoms with van der Waals surface area (Å²) in [7, 11) is -3.50. The molecule has 3 rings (SSSR count). The molecule has 0 fully saturated rings. The number of nitrogens with one attached hydrogen (secondary N) is 1. The summed E-state index contributed by atoms with van der Waals surface area (Å²) >= 11 is 3.45. The van der Waals surface area contributed by atoms with E-state index in [-0.39, 0.29) is 17.9 Å². The molecule has 0 aliphatic rings. The molecule has 0 heterocycles. The number of nitrogens with zero attached hydrogens (tertiary/aromatic N) is 1. The smallest absolute Gasteiger partial charge is 0.251 e. The summed E-state index contributed by atoms with van der Waals surface area (Å²) in [6, 6.07) is 20.4. The highest BCUT2D eigenvalue weighted by molar-refractivity contribution is 9.10. The summed E-state index contributed by atoms with van der Waals surface area (Å²) in [5.74, 6) is 0.551. The van der Waals surface area contributed by atoms with Gasteiger partial charge < -0.3 is 10.1 Å². The largest absolute Gasteiger partial charge is 0.492 e. The van der Waals surface area contributed by atoms with Gasteiger partial charge in [0, 0.05) is 10.0 Å². The van der Waals surface area contributed by atoms with Crippen molar-refractivity contribution < 1.29 is 17.9 Å². The summed E-state index contributed by atoms with van der Waals surface area (Å²) in [6.45, 7) is 9.29. The van der Waals surface area contributed by atoms with Gasteiger partial charge in [-0.1, -0.05) is 61.0 Å². The SMILES string of the molecule is Cc1cc(N(Cc2ccc(C(=O)NCCOc3ccc(C(C)(C)C)cc3)cc2)S(C)(=O)=O)ccc1Br. The van der Waals surface area contributed by atoms with Crippen molar-refractivity contribution in [1.82, 2.24) is 5.32 Å². The Morgan fingerprint density at radius 1 is 1.00 bits per heavy atom. The van der Waals surface area contributed by atoms with Crippen molar-refractivity contribution >= 4 is 37.5 Å².